The molecule has 7 heteroatoms. The van der Waals surface area contributed by atoms with Crippen molar-refractivity contribution < 1.29 is 5.11 Å². The number of nitriles is 1. The molecule has 6 nitrogen and oxygen atoms in total. The molecule has 0 bridgehead atoms. The van der Waals surface area contributed by atoms with Gasteiger partial charge in [0, 0.05) is 44.5 Å². The molecular weight excluding hydrogens is 410 g/mol. The van der Waals surface area contributed by atoms with Gasteiger partial charge in [0.25, 0.3) is 0 Å². The fraction of sp³-hybridized carbons (Fsp3) is 0.708. The molecule has 0 aromatic heterocycles. The van der Waals surface area contributed by atoms with E-state index in [1.807, 2.05) is 12.1 Å². The zero-order valence-corrected chi connectivity index (χ0v) is 19.1. The molecule has 2 heterocycles. The first-order valence-corrected chi connectivity index (χ1v) is 12.3. The van der Waals surface area contributed by atoms with Gasteiger partial charge in [-0.3, -0.25) is 4.90 Å². The highest BCUT2D eigenvalue weighted by Gasteiger charge is 2.35. The monoisotopic (exact) mass is 445 g/mol. The molecule has 2 atom stereocenters. The lowest BCUT2D eigenvalue weighted by Gasteiger charge is -2.46. The van der Waals surface area contributed by atoms with Gasteiger partial charge in [0.15, 0.2) is 0 Å². The molecule has 1 aromatic rings. The lowest BCUT2D eigenvalue weighted by molar-refractivity contribution is 0.0102. The van der Waals surface area contributed by atoms with Gasteiger partial charge < -0.3 is 21.1 Å². The van der Waals surface area contributed by atoms with Gasteiger partial charge in [0.1, 0.15) is 6.07 Å². The number of nitrogens with zero attached hydrogens (tertiary/aromatic N) is 3. The highest BCUT2D eigenvalue weighted by Crippen LogP contribution is 2.33. The van der Waals surface area contributed by atoms with Gasteiger partial charge in [-0.25, -0.2) is 0 Å². The van der Waals surface area contributed by atoms with Crippen LogP contribution in [0.1, 0.15) is 50.5 Å². The van der Waals surface area contributed by atoms with Gasteiger partial charge in [-0.1, -0.05) is 24.4 Å². The van der Waals surface area contributed by atoms with E-state index in [1.54, 1.807) is 6.07 Å². The molecule has 4 N–H and O–H groups in total. The molecule has 2 unspecified atom stereocenters. The minimum absolute atomic E-state index is 0.0615. The van der Waals surface area contributed by atoms with Gasteiger partial charge in [0.2, 0.25) is 0 Å². The summed E-state index contributed by atoms with van der Waals surface area (Å²) >= 11 is 6.25. The van der Waals surface area contributed by atoms with Crippen LogP contribution in [0.2, 0.25) is 5.02 Å². The van der Waals surface area contributed by atoms with Crippen molar-refractivity contribution >= 4 is 17.3 Å². The van der Waals surface area contributed by atoms with Crippen LogP contribution >= 0.6 is 11.6 Å². The van der Waals surface area contributed by atoms with Crippen LogP contribution in [-0.4, -0.2) is 65.9 Å². The van der Waals surface area contributed by atoms with Crippen molar-refractivity contribution in [1.29, 1.82) is 5.26 Å². The van der Waals surface area contributed by atoms with Gasteiger partial charge in [-0.2, -0.15) is 5.26 Å². The third-order valence-electron chi connectivity index (χ3n) is 7.43. The smallest absolute Gasteiger partial charge is 0.101 e. The van der Waals surface area contributed by atoms with Crippen LogP contribution < -0.4 is 11.1 Å². The Kier molecular flexibility index (Phi) is 7.73. The highest BCUT2D eigenvalue weighted by molar-refractivity contribution is 6.32. The van der Waals surface area contributed by atoms with Gasteiger partial charge in [0.05, 0.1) is 22.9 Å². The number of nitrogens with one attached hydrogen (secondary N) is 1. The van der Waals surface area contributed by atoms with Crippen LogP contribution in [0.3, 0.4) is 0 Å². The molecule has 3 aliphatic rings. The Morgan fingerprint density at radius 3 is 2.55 bits per heavy atom. The average molecular weight is 446 g/mol. The summed E-state index contributed by atoms with van der Waals surface area (Å²) in [6.07, 6.45) is 7.78. The molecule has 4 rings (SSSR count). The molecule has 170 valence electrons. The first-order chi connectivity index (χ1) is 15.0. The number of likely N-dealkylation sites (tertiary alicyclic amines) is 2. The molecular formula is C24H36ClN5O. The number of anilines is 1. The van der Waals surface area contributed by atoms with E-state index in [2.05, 4.69) is 21.2 Å². The van der Waals surface area contributed by atoms with E-state index >= 15 is 0 Å². The highest BCUT2D eigenvalue weighted by atomic mass is 35.5. The zero-order valence-electron chi connectivity index (χ0n) is 18.3. The second-order valence-electron chi connectivity index (χ2n) is 9.76. The zero-order chi connectivity index (χ0) is 21.8. The molecule has 1 saturated carbocycles. The lowest BCUT2D eigenvalue weighted by Crippen LogP contribution is -2.59. The average Bonchev–Trinajstić information content (AvgIpc) is 3.26. The van der Waals surface area contributed by atoms with E-state index in [4.69, 9.17) is 22.6 Å². The molecule has 1 aromatic carbocycles. The van der Waals surface area contributed by atoms with Crippen molar-refractivity contribution in [3.63, 3.8) is 0 Å². The number of aliphatic hydroxyl groups is 1. The van der Waals surface area contributed by atoms with Gasteiger partial charge in [-0.15, -0.1) is 0 Å². The van der Waals surface area contributed by atoms with E-state index in [0.29, 0.717) is 28.5 Å². The number of nitrogens with two attached hydrogens (primary N) is 1. The number of benzene rings is 1. The fourth-order valence-electron chi connectivity index (χ4n) is 5.51. The molecule has 2 saturated heterocycles. The topological polar surface area (TPSA) is 88.5 Å². The largest absolute Gasteiger partial charge is 0.393 e. The van der Waals surface area contributed by atoms with Crippen LogP contribution in [0.5, 0.6) is 0 Å². The van der Waals surface area contributed by atoms with Crippen molar-refractivity contribution in [3.05, 3.63) is 28.8 Å². The maximum Gasteiger partial charge on any atom is 0.101 e. The number of rotatable bonds is 8. The third-order valence-corrected chi connectivity index (χ3v) is 7.75. The normalized spacial score (nSPS) is 23.9. The Labute approximate surface area is 191 Å². The predicted molar refractivity (Wildman–Crippen MR) is 125 cm³/mol. The van der Waals surface area contributed by atoms with E-state index in [9.17, 15) is 5.11 Å². The first-order valence-electron chi connectivity index (χ1n) is 11.9. The minimum atomic E-state index is -0.103. The van der Waals surface area contributed by atoms with E-state index < -0.39 is 0 Å². The molecule has 3 fully saturated rings. The minimum Gasteiger partial charge on any atom is -0.393 e. The quantitative estimate of drug-likeness (QED) is 0.569. The van der Waals surface area contributed by atoms with E-state index in [-0.39, 0.29) is 12.3 Å². The Morgan fingerprint density at radius 2 is 1.90 bits per heavy atom. The summed E-state index contributed by atoms with van der Waals surface area (Å²) in [5.74, 6) is 1.33. The summed E-state index contributed by atoms with van der Waals surface area (Å²) in [6, 6.07) is 8.05. The summed E-state index contributed by atoms with van der Waals surface area (Å²) in [7, 11) is 0. The molecule has 2 aliphatic heterocycles. The second-order valence-corrected chi connectivity index (χ2v) is 10.2. The summed E-state index contributed by atoms with van der Waals surface area (Å²) < 4.78 is 0. The molecule has 1 aliphatic carbocycles. The van der Waals surface area contributed by atoms with E-state index in [1.165, 1.54) is 25.7 Å². The summed E-state index contributed by atoms with van der Waals surface area (Å²) in [5.41, 5.74) is 8.14. The number of halogens is 1. The Bertz CT molecular complexity index is 764. The molecule has 31 heavy (non-hydrogen) atoms. The standard InChI is InChI=1S/C24H36ClN5O/c25-22-11-20(6-5-19(22)13-26)28-23(18-3-1-2-4-18)12-24(27)30-15-17(16-30)14-29-9-7-21(31)8-10-29/h5-6,11,17-18,21,23-24,28,31H,1-4,7-10,12,14-16,27H2. The molecule has 0 amide bonds. The van der Waals surface area contributed by atoms with Crippen molar-refractivity contribution in [1.82, 2.24) is 9.80 Å². The SMILES string of the molecule is N#Cc1ccc(NC(CC(N)N2CC(CN3CCC(O)CC3)C2)C2CCCC2)cc1Cl. The van der Waals surface area contributed by atoms with Crippen LogP contribution in [-0.2, 0) is 0 Å². The fourth-order valence-corrected chi connectivity index (χ4v) is 5.73. The summed E-state index contributed by atoms with van der Waals surface area (Å²) in [4.78, 5) is 4.91. The summed E-state index contributed by atoms with van der Waals surface area (Å²) in [6.45, 7) is 5.31. The Hall–Kier alpha value is -1.36. The predicted octanol–water partition coefficient (Wildman–Crippen LogP) is 3.25. The maximum absolute atomic E-state index is 9.69. The number of hydrogen-bond donors (Lipinski definition) is 3. The first kappa shape index (κ1) is 22.8. The van der Waals surface area contributed by atoms with Crippen molar-refractivity contribution in [2.24, 2.45) is 17.6 Å². The van der Waals surface area contributed by atoms with Gasteiger partial charge in [-0.05, 0) is 62.1 Å². The molecule has 0 spiro atoms. The third kappa shape index (κ3) is 5.91. The van der Waals surface area contributed by atoms with Crippen LogP contribution in [0.15, 0.2) is 18.2 Å². The Balaban J connectivity index is 1.29. The number of piperidine rings is 1. The number of aliphatic hydroxyl groups excluding tert-OH is 1. The van der Waals surface area contributed by atoms with Crippen LogP contribution in [0, 0.1) is 23.2 Å². The van der Waals surface area contributed by atoms with E-state index in [0.717, 1.165) is 57.7 Å². The van der Waals surface area contributed by atoms with Crippen LogP contribution in [0.4, 0.5) is 5.69 Å². The van der Waals surface area contributed by atoms with Crippen LogP contribution in [0.25, 0.3) is 0 Å². The van der Waals surface area contributed by atoms with Crippen molar-refractivity contribution in [2.75, 3.05) is 38.0 Å². The second kappa shape index (κ2) is 10.5. The van der Waals surface area contributed by atoms with Crippen molar-refractivity contribution in [3.8, 4) is 6.07 Å². The maximum atomic E-state index is 9.69. The molecule has 0 radical (unpaired) electrons. The lowest BCUT2D eigenvalue weighted by atomic mass is 9.91. The Morgan fingerprint density at radius 1 is 1.19 bits per heavy atom. The summed E-state index contributed by atoms with van der Waals surface area (Å²) in [5, 5.41) is 23.0. The van der Waals surface area contributed by atoms with Crippen molar-refractivity contribution in [2.45, 2.75) is 63.3 Å². The number of hydrogen-bond acceptors (Lipinski definition) is 6. The van der Waals surface area contributed by atoms with Gasteiger partial charge >= 0.3 is 0 Å².